The van der Waals surface area contributed by atoms with Gasteiger partial charge in [0.2, 0.25) is 0 Å². The van der Waals surface area contributed by atoms with Crippen molar-refractivity contribution in [1.29, 1.82) is 0 Å². The van der Waals surface area contributed by atoms with Crippen LogP contribution < -0.4 is 10.2 Å². The number of benzene rings is 1. The molecule has 4 aliphatic rings. The Morgan fingerprint density at radius 2 is 1.77 bits per heavy atom. The molecule has 1 saturated heterocycles. The summed E-state index contributed by atoms with van der Waals surface area (Å²) in [6, 6.07) is 10.7. The van der Waals surface area contributed by atoms with Crippen LogP contribution in [0.4, 0.5) is 5.69 Å². The average molecular weight is 409 g/mol. The molecule has 0 bridgehead atoms. The van der Waals surface area contributed by atoms with Crippen LogP contribution >= 0.6 is 0 Å². The number of anilines is 1. The first kappa shape index (κ1) is 20.4. The van der Waals surface area contributed by atoms with E-state index in [1.54, 1.807) is 5.56 Å². The van der Waals surface area contributed by atoms with Gasteiger partial charge in [-0.2, -0.15) is 0 Å². The summed E-state index contributed by atoms with van der Waals surface area (Å²) in [6.07, 6.45) is 9.47. The average Bonchev–Trinajstić information content (AvgIpc) is 3.43. The van der Waals surface area contributed by atoms with E-state index in [0.717, 1.165) is 37.4 Å². The second kappa shape index (κ2) is 8.90. The standard InChI is InChI=1S/C26H40N4/c1-19(2)20-7-9-22(10-8-20)29-15-11-23(12-16-29)30-18-21(17-26-27-13-14-28-26)24-5-3-4-6-25(24)30/h3-6,19-23H,7-18H2,1-2H3,(H,27,28). The molecule has 1 aromatic rings. The van der Waals surface area contributed by atoms with Crippen LogP contribution in [-0.4, -0.2) is 55.5 Å². The largest absolute Gasteiger partial charge is 0.372 e. The molecule has 30 heavy (non-hydrogen) atoms. The van der Waals surface area contributed by atoms with E-state index in [1.165, 1.54) is 69.7 Å². The van der Waals surface area contributed by atoms with Gasteiger partial charge in [0.15, 0.2) is 0 Å². The number of rotatable bonds is 5. The number of piperidine rings is 1. The molecule has 2 fully saturated rings. The minimum Gasteiger partial charge on any atom is -0.372 e. The summed E-state index contributed by atoms with van der Waals surface area (Å²) in [5.74, 6) is 3.65. The summed E-state index contributed by atoms with van der Waals surface area (Å²) in [5, 5.41) is 3.49. The fourth-order valence-electron chi connectivity index (χ4n) is 6.56. The van der Waals surface area contributed by atoms with Crippen molar-refractivity contribution in [1.82, 2.24) is 10.2 Å². The zero-order valence-electron chi connectivity index (χ0n) is 19.0. The highest BCUT2D eigenvalue weighted by Gasteiger charge is 2.36. The Balaban J connectivity index is 1.19. The van der Waals surface area contributed by atoms with Gasteiger partial charge < -0.3 is 15.1 Å². The summed E-state index contributed by atoms with van der Waals surface area (Å²) in [5.41, 5.74) is 3.04. The molecule has 1 N–H and O–H groups in total. The Kier molecular flexibility index (Phi) is 6.04. The highest BCUT2D eigenvalue weighted by molar-refractivity contribution is 5.85. The number of hydrogen-bond donors (Lipinski definition) is 1. The maximum atomic E-state index is 4.67. The summed E-state index contributed by atoms with van der Waals surface area (Å²) in [7, 11) is 0. The Bertz CT molecular complexity index is 741. The SMILES string of the molecule is CC(C)C1CCC(N2CCC(N3CC(CC4=NCCN4)c4ccccc43)CC2)CC1. The molecule has 3 aliphatic heterocycles. The van der Waals surface area contributed by atoms with Crippen molar-refractivity contribution in [3.05, 3.63) is 29.8 Å². The number of amidine groups is 1. The van der Waals surface area contributed by atoms with Crippen LogP contribution in [0.25, 0.3) is 0 Å². The third kappa shape index (κ3) is 4.12. The summed E-state index contributed by atoms with van der Waals surface area (Å²) in [4.78, 5) is 10.3. The lowest BCUT2D eigenvalue weighted by Crippen LogP contribution is -2.49. The van der Waals surface area contributed by atoms with Gasteiger partial charge in [0, 0.05) is 56.3 Å². The highest BCUT2D eigenvalue weighted by atomic mass is 15.2. The summed E-state index contributed by atoms with van der Waals surface area (Å²) in [6.45, 7) is 10.5. The van der Waals surface area contributed by atoms with E-state index < -0.39 is 0 Å². The van der Waals surface area contributed by atoms with Crippen LogP contribution in [0, 0.1) is 11.8 Å². The molecule has 5 rings (SSSR count). The minimum absolute atomic E-state index is 0.592. The van der Waals surface area contributed by atoms with E-state index in [2.05, 4.69) is 58.2 Å². The monoisotopic (exact) mass is 408 g/mol. The van der Waals surface area contributed by atoms with Crippen LogP contribution in [0.1, 0.15) is 70.3 Å². The van der Waals surface area contributed by atoms with Crippen LogP contribution in [0.15, 0.2) is 29.3 Å². The van der Waals surface area contributed by atoms with Gasteiger partial charge in [-0.15, -0.1) is 0 Å². The second-order valence-corrected chi connectivity index (χ2v) is 10.4. The molecule has 1 unspecified atom stereocenters. The Hall–Kier alpha value is -1.55. The molecule has 3 heterocycles. The van der Waals surface area contributed by atoms with Gasteiger partial charge in [-0.3, -0.25) is 4.99 Å². The minimum atomic E-state index is 0.592. The lowest BCUT2D eigenvalue weighted by Gasteiger charge is -2.43. The van der Waals surface area contributed by atoms with Gasteiger partial charge >= 0.3 is 0 Å². The predicted octanol–water partition coefficient (Wildman–Crippen LogP) is 4.66. The molecule has 0 amide bonds. The van der Waals surface area contributed by atoms with Crippen LogP contribution in [0.2, 0.25) is 0 Å². The van der Waals surface area contributed by atoms with Crippen molar-refractivity contribution in [3.63, 3.8) is 0 Å². The first-order chi connectivity index (χ1) is 14.7. The summed E-state index contributed by atoms with van der Waals surface area (Å²) < 4.78 is 0. The van der Waals surface area contributed by atoms with Gasteiger partial charge in [0.05, 0.1) is 12.4 Å². The van der Waals surface area contributed by atoms with E-state index in [1.807, 2.05) is 0 Å². The van der Waals surface area contributed by atoms with Crippen molar-refractivity contribution in [3.8, 4) is 0 Å². The zero-order valence-corrected chi connectivity index (χ0v) is 19.0. The maximum absolute atomic E-state index is 4.67. The van der Waals surface area contributed by atoms with Crippen molar-refractivity contribution in [2.45, 2.75) is 76.8 Å². The maximum Gasteiger partial charge on any atom is 0.0971 e. The number of fused-ring (bicyclic) bond motifs is 1. The molecule has 1 aromatic carbocycles. The van der Waals surface area contributed by atoms with Crippen LogP contribution in [-0.2, 0) is 0 Å². The van der Waals surface area contributed by atoms with Crippen LogP contribution in [0.5, 0.6) is 0 Å². The second-order valence-electron chi connectivity index (χ2n) is 10.4. The number of hydrogen-bond acceptors (Lipinski definition) is 4. The molecular formula is C26H40N4. The molecule has 1 aliphatic carbocycles. The zero-order chi connectivity index (χ0) is 20.5. The number of para-hydroxylation sites is 1. The number of nitrogens with zero attached hydrogens (tertiary/aromatic N) is 3. The van der Waals surface area contributed by atoms with Crippen molar-refractivity contribution in [2.24, 2.45) is 16.8 Å². The molecule has 1 saturated carbocycles. The van der Waals surface area contributed by atoms with E-state index in [4.69, 9.17) is 0 Å². The van der Waals surface area contributed by atoms with Gasteiger partial charge in [0.25, 0.3) is 0 Å². The molecule has 1 atom stereocenters. The van der Waals surface area contributed by atoms with Gasteiger partial charge in [0.1, 0.15) is 0 Å². The van der Waals surface area contributed by atoms with Crippen LogP contribution in [0.3, 0.4) is 0 Å². The molecule has 0 aromatic heterocycles. The molecule has 164 valence electrons. The number of aliphatic imine (C=N–C) groups is 1. The fraction of sp³-hybridized carbons (Fsp3) is 0.731. The number of likely N-dealkylation sites (tertiary alicyclic amines) is 1. The van der Waals surface area contributed by atoms with E-state index >= 15 is 0 Å². The lowest BCUT2D eigenvalue weighted by atomic mass is 9.79. The fourth-order valence-corrected chi connectivity index (χ4v) is 6.56. The van der Waals surface area contributed by atoms with Gasteiger partial charge in [-0.1, -0.05) is 32.0 Å². The number of nitrogens with one attached hydrogen (secondary N) is 1. The Morgan fingerprint density at radius 1 is 1.00 bits per heavy atom. The first-order valence-electron chi connectivity index (χ1n) is 12.6. The van der Waals surface area contributed by atoms with Gasteiger partial charge in [-0.25, -0.2) is 0 Å². The molecular weight excluding hydrogens is 368 g/mol. The predicted molar refractivity (Wildman–Crippen MR) is 127 cm³/mol. The van der Waals surface area contributed by atoms with E-state index in [0.29, 0.717) is 12.0 Å². The first-order valence-corrected chi connectivity index (χ1v) is 12.6. The van der Waals surface area contributed by atoms with E-state index in [-0.39, 0.29) is 0 Å². The smallest absolute Gasteiger partial charge is 0.0971 e. The van der Waals surface area contributed by atoms with Crippen molar-refractivity contribution in [2.75, 3.05) is 37.6 Å². The normalized spacial score (nSPS) is 30.4. The van der Waals surface area contributed by atoms with Crippen molar-refractivity contribution < 1.29 is 0 Å². The third-order valence-electron chi connectivity index (χ3n) is 8.43. The molecule has 4 nitrogen and oxygen atoms in total. The summed E-state index contributed by atoms with van der Waals surface area (Å²) >= 11 is 0. The molecule has 0 spiro atoms. The Morgan fingerprint density at radius 3 is 2.47 bits per heavy atom. The third-order valence-corrected chi connectivity index (χ3v) is 8.43. The highest BCUT2D eigenvalue weighted by Crippen LogP contribution is 2.41. The molecule has 0 radical (unpaired) electrons. The quantitative estimate of drug-likeness (QED) is 0.769. The van der Waals surface area contributed by atoms with Gasteiger partial charge in [-0.05, 0) is 62.0 Å². The topological polar surface area (TPSA) is 30.9 Å². The van der Waals surface area contributed by atoms with E-state index in [9.17, 15) is 0 Å². The lowest BCUT2D eigenvalue weighted by molar-refractivity contribution is 0.0977. The Labute approximate surface area is 183 Å². The van der Waals surface area contributed by atoms with Crippen molar-refractivity contribution >= 4 is 11.5 Å². The molecule has 4 heteroatoms.